The van der Waals surface area contributed by atoms with Gasteiger partial charge in [-0.1, -0.05) is 6.07 Å². The van der Waals surface area contributed by atoms with Crippen molar-refractivity contribution in [2.45, 2.75) is 18.9 Å². The standard InChI is InChI=1S/C16H21N3OS/c1-19(2)13-6-3-7-14-12(13)9-15(21-14)16(20)18-11-5-4-8-17-10-11/h3,6-7,9,11,17H,4-5,8,10H2,1-2H3,(H,18,20). The van der Waals surface area contributed by atoms with Gasteiger partial charge >= 0.3 is 0 Å². The van der Waals surface area contributed by atoms with E-state index in [9.17, 15) is 4.79 Å². The van der Waals surface area contributed by atoms with E-state index in [-0.39, 0.29) is 11.9 Å². The third-order valence-electron chi connectivity index (χ3n) is 3.88. The first-order valence-corrected chi connectivity index (χ1v) is 8.18. The summed E-state index contributed by atoms with van der Waals surface area (Å²) in [5.41, 5.74) is 1.15. The fourth-order valence-electron chi connectivity index (χ4n) is 2.78. The molecule has 1 aromatic carbocycles. The number of hydrogen-bond donors (Lipinski definition) is 2. The first kappa shape index (κ1) is 14.4. The molecule has 1 amide bonds. The molecule has 1 saturated heterocycles. The van der Waals surface area contributed by atoms with Crippen LogP contribution in [0, 0.1) is 0 Å². The fourth-order valence-corrected chi connectivity index (χ4v) is 3.76. The van der Waals surface area contributed by atoms with Crippen molar-refractivity contribution in [2.24, 2.45) is 0 Å². The van der Waals surface area contributed by atoms with Crippen molar-refractivity contribution in [1.29, 1.82) is 0 Å². The summed E-state index contributed by atoms with van der Waals surface area (Å²) in [5, 5.41) is 7.62. The minimum Gasteiger partial charge on any atom is -0.377 e. The lowest BCUT2D eigenvalue weighted by molar-refractivity contribution is 0.0935. The van der Waals surface area contributed by atoms with Gasteiger partial charge in [-0.05, 0) is 37.6 Å². The summed E-state index contributed by atoms with van der Waals surface area (Å²) >= 11 is 1.57. The molecule has 1 unspecified atom stereocenters. The molecule has 1 fully saturated rings. The van der Waals surface area contributed by atoms with Crippen LogP contribution in [-0.4, -0.2) is 39.1 Å². The molecule has 2 aromatic rings. The summed E-state index contributed by atoms with van der Waals surface area (Å²) in [6.07, 6.45) is 2.19. The maximum Gasteiger partial charge on any atom is 0.261 e. The van der Waals surface area contributed by atoms with Crippen LogP contribution in [0.5, 0.6) is 0 Å². The number of carbonyl (C=O) groups excluding carboxylic acids is 1. The molecule has 4 nitrogen and oxygen atoms in total. The van der Waals surface area contributed by atoms with Gasteiger partial charge in [0.1, 0.15) is 0 Å². The zero-order valence-corrected chi connectivity index (χ0v) is 13.3. The fraction of sp³-hybridized carbons (Fsp3) is 0.438. The van der Waals surface area contributed by atoms with Gasteiger partial charge in [0.05, 0.1) is 4.88 Å². The van der Waals surface area contributed by atoms with Crippen molar-refractivity contribution >= 4 is 33.0 Å². The van der Waals surface area contributed by atoms with Crippen LogP contribution < -0.4 is 15.5 Å². The Bertz CT molecular complexity index is 644. The molecular weight excluding hydrogens is 282 g/mol. The molecule has 21 heavy (non-hydrogen) atoms. The number of nitrogens with one attached hydrogen (secondary N) is 2. The van der Waals surface area contributed by atoms with E-state index in [4.69, 9.17) is 0 Å². The van der Waals surface area contributed by atoms with E-state index < -0.39 is 0 Å². The van der Waals surface area contributed by atoms with Crippen LogP contribution >= 0.6 is 11.3 Å². The molecule has 3 rings (SSSR count). The highest BCUT2D eigenvalue weighted by molar-refractivity contribution is 7.20. The Morgan fingerprint density at radius 3 is 3.00 bits per heavy atom. The Labute approximate surface area is 129 Å². The summed E-state index contributed by atoms with van der Waals surface area (Å²) in [6.45, 7) is 1.93. The number of anilines is 1. The number of thiophene rings is 1. The van der Waals surface area contributed by atoms with Gasteiger partial charge in [0.2, 0.25) is 0 Å². The molecule has 1 aliphatic rings. The molecule has 0 radical (unpaired) electrons. The number of nitrogens with zero attached hydrogens (tertiary/aromatic N) is 1. The van der Waals surface area contributed by atoms with Crippen molar-refractivity contribution in [2.75, 3.05) is 32.1 Å². The maximum absolute atomic E-state index is 12.4. The summed E-state index contributed by atoms with van der Waals surface area (Å²) in [5.74, 6) is 0.0506. The predicted molar refractivity (Wildman–Crippen MR) is 89.5 cm³/mol. The van der Waals surface area contributed by atoms with Crippen LogP contribution in [0.2, 0.25) is 0 Å². The molecule has 2 N–H and O–H groups in total. The van der Waals surface area contributed by atoms with Crippen LogP contribution in [0.15, 0.2) is 24.3 Å². The smallest absolute Gasteiger partial charge is 0.261 e. The molecule has 0 saturated carbocycles. The first-order valence-electron chi connectivity index (χ1n) is 7.36. The van der Waals surface area contributed by atoms with E-state index >= 15 is 0 Å². The second-order valence-electron chi connectivity index (χ2n) is 5.71. The minimum absolute atomic E-state index is 0.0506. The molecule has 1 aromatic heterocycles. The number of carbonyl (C=O) groups is 1. The van der Waals surface area contributed by atoms with Gasteiger partial charge in [-0.3, -0.25) is 4.79 Å². The first-order chi connectivity index (χ1) is 10.1. The number of amides is 1. The van der Waals surface area contributed by atoms with Crippen LogP contribution in [0.1, 0.15) is 22.5 Å². The number of piperidine rings is 1. The van der Waals surface area contributed by atoms with Crippen LogP contribution in [0.3, 0.4) is 0 Å². The Kier molecular flexibility index (Phi) is 4.12. The van der Waals surface area contributed by atoms with E-state index in [1.165, 1.54) is 0 Å². The van der Waals surface area contributed by atoms with Crippen molar-refractivity contribution in [1.82, 2.24) is 10.6 Å². The molecular formula is C16H21N3OS. The number of hydrogen-bond acceptors (Lipinski definition) is 4. The van der Waals surface area contributed by atoms with Crippen molar-refractivity contribution in [3.8, 4) is 0 Å². The normalized spacial score (nSPS) is 18.7. The average Bonchev–Trinajstić information content (AvgIpc) is 2.92. The molecule has 1 aliphatic heterocycles. The van der Waals surface area contributed by atoms with Crippen molar-refractivity contribution in [3.63, 3.8) is 0 Å². The second kappa shape index (κ2) is 6.03. The third kappa shape index (κ3) is 3.04. The number of benzene rings is 1. The average molecular weight is 303 g/mol. The number of fused-ring (bicyclic) bond motifs is 1. The van der Waals surface area contributed by atoms with E-state index in [1.54, 1.807) is 11.3 Å². The molecule has 0 aliphatic carbocycles. The zero-order chi connectivity index (χ0) is 14.8. The van der Waals surface area contributed by atoms with Crippen LogP contribution in [0.25, 0.3) is 10.1 Å². The highest BCUT2D eigenvalue weighted by Gasteiger charge is 2.18. The Morgan fingerprint density at radius 1 is 1.43 bits per heavy atom. The SMILES string of the molecule is CN(C)c1cccc2sc(C(=O)NC3CCCNC3)cc12. The largest absolute Gasteiger partial charge is 0.377 e. The van der Waals surface area contributed by atoms with Gasteiger partial charge in [-0.15, -0.1) is 11.3 Å². The minimum atomic E-state index is 0.0506. The van der Waals surface area contributed by atoms with Crippen molar-refractivity contribution < 1.29 is 4.79 Å². The number of rotatable bonds is 3. The topological polar surface area (TPSA) is 44.4 Å². The lowest BCUT2D eigenvalue weighted by Crippen LogP contribution is -2.45. The molecule has 0 spiro atoms. The van der Waals surface area contributed by atoms with Gasteiger partial charge in [-0.25, -0.2) is 0 Å². The quantitative estimate of drug-likeness (QED) is 0.915. The summed E-state index contributed by atoms with van der Waals surface area (Å²) in [7, 11) is 4.06. The van der Waals surface area contributed by atoms with Crippen molar-refractivity contribution in [3.05, 3.63) is 29.1 Å². The van der Waals surface area contributed by atoms with E-state index in [0.717, 1.165) is 46.6 Å². The molecule has 0 bridgehead atoms. The van der Waals surface area contributed by atoms with Gasteiger partial charge < -0.3 is 15.5 Å². The lowest BCUT2D eigenvalue weighted by Gasteiger charge is -2.23. The Hall–Kier alpha value is -1.59. The maximum atomic E-state index is 12.4. The molecule has 5 heteroatoms. The van der Waals surface area contributed by atoms with E-state index in [1.807, 2.05) is 26.2 Å². The predicted octanol–water partition coefficient (Wildman–Crippen LogP) is 2.45. The second-order valence-corrected chi connectivity index (χ2v) is 6.79. The lowest BCUT2D eigenvalue weighted by atomic mass is 10.1. The zero-order valence-electron chi connectivity index (χ0n) is 12.5. The summed E-state index contributed by atoms with van der Waals surface area (Å²) < 4.78 is 1.16. The highest BCUT2D eigenvalue weighted by atomic mass is 32.1. The Balaban J connectivity index is 1.83. The van der Waals surface area contributed by atoms with E-state index in [2.05, 4.69) is 27.7 Å². The van der Waals surface area contributed by atoms with Crippen LogP contribution in [-0.2, 0) is 0 Å². The van der Waals surface area contributed by atoms with Gasteiger partial charge in [-0.2, -0.15) is 0 Å². The molecule has 2 heterocycles. The molecule has 112 valence electrons. The monoisotopic (exact) mass is 303 g/mol. The van der Waals surface area contributed by atoms with Gasteiger partial charge in [0, 0.05) is 42.5 Å². The summed E-state index contributed by atoms with van der Waals surface area (Å²) in [4.78, 5) is 15.3. The van der Waals surface area contributed by atoms with Crippen LogP contribution in [0.4, 0.5) is 5.69 Å². The summed E-state index contributed by atoms with van der Waals surface area (Å²) in [6, 6.07) is 8.47. The van der Waals surface area contributed by atoms with Gasteiger partial charge in [0.25, 0.3) is 5.91 Å². The van der Waals surface area contributed by atoms with Gasteiger partial charge in [0.15, 0.2) is 0 Å². The molecule has 1 atom stereocenters. The highest BCUT2D eigenvalue weighted by Crippen LogP contribution is 2.32. The Morgan fingerprint density at radius 2 is 2.29 bits per heavy atom. The van der Waals surface area contributed by atoms with E-state index in [0.29, 0.717) is 0 Å². The third-order valence-corrected chi connectivity index (χ3v) is 4.98.